The number of rotatable bonds is 1. The van der Waals surface area contributed by atoms with Gasteiger partial charge in [0.2, 0.25) is 0 Å². The number of amides is 1. The molecule has 6 heteroatoms. The molecule has 0 aromatic carbocycles. The van der Waals surface area contributed by atoms with Gasteiger partial charge in [-0.15, -0.1) is 0 Å². The molecule has 82 valence electrons. The van der Waals surface area contributed by atoms with Crippen molar-refractivity contribution < 1.29 is 9.53 Å². The molecule has 5 nitrogen and oxygen atoms in total. The monoisotopic (exact) mass is 273 g/mol. The van der Waals surface area contributed by atoms with Gasteiger partial charge >= 0.3 is 0 Å². The van der Waals surface area contributed by atoms with E-state index in [1.165, 1.54) is 0 Å². The minimum absolute atomic E-state index is 0.0363. The summed E-state index contributed by atoms with van der Waals surface area (Å²) in [5.74, 6) is -0.0363. The molecule has 0 spiro atoms. The van der Waals surface area contributed by atoms with E-state index in [2.05, 4.69) is 21.0 Å². The number of halogens is 1. The van der Waals surface area contributed by atoms with Crippen LogP contribution in [0.3, 0.4) is 0 Å². The van der Waals surface area contributed by atoms with Crippen LogP contribution >= 0.6 is 15.9 Å². The Kier molecular flexibility index (Phi) is 3.06. The number of aromatic nitrogens is 2. The van der Waals surface area contributed by atoms with E-state index >= 15 is 0 Å². The summed E-state index contributed by atoms with van der Waals surface area (Å²) in [5, 5.41) is 4.12. The molecule has 2 rings (SSSR count). The van der Waals surface area contributed by atoms with Crippen molar-refractivity contribution in [2.45, 2.75) is 0 Å². The summed E-state index contributed by atoms with van der Waals surface area (Å²) in [5.41, 5.74) is 0.472. The molecular formula is C9H12BrN3O2. The second kappa shape index (κ2) is 4.32. The van der Waals surface area contributed by atoms with Crippen LogP contribution in [0.4, 0.5) is 0 Å². The highest BCUT2D eigenvalue weighted by Gasteiger charge is 2.22. The van der Waals surface area contributed by atoms with E-state index in [0.717, 1.165) is 4.47 Å². The Balaban J connectivity index is 2.16. The average Bonchev–Trinajstić information content (AvgIpc) is 2.58. The van der Waals surface area contributed by atoms with Crippen molar-refractivity contribution in [1.82, 2.24) is 14.7 Å². The molecule has 1 aromatic heterocycles. The number of carbonyl (C=O) groups is 1. The highest BCUT2D eigenvalue weighted by Crippen LogP contribution is 2.16. The number of hydrogen-bond acceptors (Lipinski definition) is 3. The van der Waals surface area contributed by atoms with Crippen LogP contribution in [0.1, 0.15) is 10.5 Å². The second-order valence-corrected chi connectivity index (χ2v) is 4.26. The number of ether oxygens (including phenoxy) is 1. The topological polar surface area (TPSA) is 47.4 Å². The lowest BCUT2D eigenvalue weighted by Crippen LogP contribution is -2.41. The third-order valence-corrected chi connectivity index (χ3v) is 2.87. The summed E-state index contributed by atoms with van der Waals surface area (Å²) in [7, 11) is 1.79. The quantitative estimate of drug-likeness (QED) is 0.755. The van der Waals surface area contributed by atoms with Crippen LogP contribution in [-0.2, 0) is 11.8 Å². The van der Waals surface area contributed by atoms with Gasteiger partial charge in [0.15, 0.2) is 5.69 Å². The lowest BCUT2D eigenvalue weighted by Gasteiger charge is -2.26. The van der Waals surface area contributed by atoms with E-state index in [4.69, 9.17) is 4.74 Å². The van der Waals surface area contributed by atoms with Crippen molar-refractivity contribution in [3.8, 4) is 0 Å². The Hall–Kier alpha value is -0.880. The lowest BCUT2D eigenvalue weighted by atomic mass is 10.3. The second-order valence-electron chi connectivity index (χ2n) is 3.40. The fourth-order valence-corrected chi connectivity index (χ4v) is 2.07. The van der Waals surface area contributed by atoms with Crippen molar-refractivity contribution >= 4 is 21.8 Å². The highest BCUT2D eigenvalue weighted by atomic mass is 79.9. The molecule has 1 amide bonds. The normalized spacial score (nSPS) is 16.8. The SMILES string of the molecule is Cn1cc(Br)c(C(=O)N2CCOCC2)n1. The van der Waals surface area contributed by atoms with Gasteiger partial charge in [0.1, 0.15) is 0 Å². The maximum Gasteiger partial charge on any atom is 0.275 e. The molecule has 1 fully saturated rings. The third kappa shape index (κ3) is 2.21. The highest BCUT2D eigenvalue weighted by molar-refractivity contribution is 9.10. The van der Waals surface area contributed by atoms with Crippen LogP contribution in [0.5, 0.6) is 0 Å². The van der Waals surface area contributed by atoms with Gasteiger partial charge in [-0.1, -0.05) is 0 Å². The van der Waals surface area contributed by atoms with E-state index in [-0.39, 0.29) is 5.91 Å². The zero-order valence-electron chi connectivity index (χ0n) is 8.44. The van der Waals surface area contributed by atoms with E-state index < -0.39 is 0 Å². The minimum Gasteiger partial charge on any atom is -0.378 e. The molecule has 0 atom stereocenters. The average molecular weight is 274 g/mol. The Morgan fingerprint density at radius 1 is 1.53 bits per heavy atom. The number of nitrogens with zero attached hydrogens (tertiary/aromatic N) is 3. The van der Waals surface area contributed by atoms with Crippen molar-refractivity contribution in [2.75, 3.05) is 26.3 Å². The first-order valence-electron chi connectivity index (χ1n) is 4.74. The Bertz CT molecular complexity index is 371. The molecular weight excluding hydrogens is 262 g/mol. The maximum atomic E-state index is 12.0. The van der Waals surface area contributed by atoms with E-state index in [9.17, 15) is 4.79 Å². The van der Waals surface area contributed by atoms with Gasteiger partial charge in [-0.3, -0.25) is 9.48 Å². The first kappa shape index (κ1) is 10.6. The summed E-state index contributed by atoms with van der Waals surface area (Å²) in [6.45, 7) is 2.50. The maximum absolute atomic E-state index is 12.0. The van der Waals surface area contributed by atoms with E-state index in [0.29, 0.717) is 32.0 Å². The van der Waals surface area contributed by atoms with Gasteiger partial charge in [-0.25, -0.2) is 0 Å². The fourth-order valence-electron chi connectivity index (χ4n) is 1.52. The smallest absolute Gasteiger partial charge is 0.275 e. The molecule has 1 aliphatic rings. The summed E-state index contributed by atoms with van der Waals surface area (Å²) >= 11 is 3.32. The standard InChI is InChI=1S/C9H12BrN3O2/c1-12-6-7(10)8(11-12)9(14)13-2-4-15-5-3-13/h6H,2-5H2,1H3. The van der Waals surface area contributed by atoms with Crippen LogP contribution in [0.25, 0.3) is 0 Å². The summed E-state index contributed by atoms with van der Waals surface area (Å²) < 4.78 is 7.55. The fraction of sp³-hybridized carbons (Fsp3) is 0.556. The zero-order chi connectivity index (χ0) is 10.8. The molecule has 1 aliphatic heterocycles. The summed E-state index contributed by atoms with van der Waals surface area (Å²) in [4.78, 5) is 13.8. The molecule has 15 heavy (non-hydrogen) atoms. The molecule has 0 bridgehead atoms. The van der Waals surface area contributed by atoms with Crippen molar-refractivity contribution in [2.24, 2.45) is 7.05 Å². The third-order valence-electron chi connectivity index (χ3n) is 2.29. The largest absolute Gasteiger partial charge is 0.378 e. The molecule has 0 saturated carbocycles. The van der Waals surface area contributed by atoms with Gasteiger partial charge in [-0.2, -0.15) is 5.10 Å². The molecule has 2 heterocycles. The van der Waals surface area contributed by atoms with Crippen LogP contribution in [0.2, 0.25) is 0 Å². The molecule has 0 radical (unpaired) electrons. The van der Waals surface area contributed by atoms with Gasteiger partial charge < -0.3 is 9.64 Å². The predicted molar refractivity (Wildman–Crippen MR) is 57.6 cm³/mol. The van der Waals surface area contributed by atoms with Crippen LogP contribution in [-0.4, -0.2) is 46.9 Å². The number of carbonyl (C=O) groups excluding carboxylic acids is 1. The molecule has 0 N–H and O–H groups in total. The lowest BCUT2D eigenvalue weighted by molar-refractivity contribution is 0.0298. The van der Waals surface area contributed by atoms with Crippen LogP contribution in [0, 0.1) is 0 Å². The minimum atomic E-state index is -0.0363. The molecule has 0 aliphatic carbocycles. The first-order valence-corrected chi connectivity index (χ1v) is 5.54. The van der Waals surface area contributed by atoms with Crippen LogP contribution in [0.15, 0.2) is 10.7 Å². The zero-order valence-corrected chi connectivity index (χ0v) is 10.0. The van der Waals surface area contributed by atoms with Crippen LogP contribution < -0.4 is 0 Å². The van der Waals surface area contributed by atoms with Crippen molar-refractivity contribution in [3.05, 3.63) is 16.4 Å². The molecule has 1 saturated heterocycles. The van der Waals surface area contributed by atoms with Crippen molar-refractivity contribution in [1.29, 1.82) is 0 Å². The number of morpholine rings is 1. The van der Waals surface area contributed by atoms with Crippen molar-refractivity contribution in [3.63, 3.8) is 0 Å². The summed E-state index contributed by atoms with van der Waals surface area (Å²) in [6.07, 6.45) is 1.77. The van der Waals surface area contributed by atoms with Gasteiger partial charge in [0.05, 0.1) is 17.7 Å². The predicted octanol–water partition coefficient (Wildman–Crippen LogP) is 0.655. The number of hydrogen-bond donors (Lipinski definition) is 0. The first-order chi connectivity index (χ1) is 7.18. The number of aryl methyl sites for hydroxylation is 1. The molecule has 0 unspecified atom stereocenters. The molecule has 1 aromatic rings. The van der Waals surface area contributed by atoms with Gasteiger partial charge in [0.25, 0.3) is 5.91 Å². The Labute approximate surface area is 96.1 Å². The Morgan fingerprint density at radius 2 is 2.20 bits per heavy atom. The summed E-state index contributed by atoms with van der Waals surface area (Å²) in [6, 6.07) is 0. The van der Waals surface area contributed by atoms with Gasteiger partial charge in [0, 0.05) is 26.3 Å². The van der Waals surface area contributed by atoms with E-state index in [1.54, 1.807) is 22.8 Å². The Morgan fingerprint density at radius 3 is 2.73 bits per heavy atom. The van der Waals surface area contributed by atoms with E-state index in [1.807, 2.05) is 0 Å². The van der Waals surface area contributed by atoms with Gasteiger partial charge in [-0.05, 0) is 15.9 Å².